The topological polar surface area (TPSA) is 93.5 Å². The van der Waals surface area contributed by atoms with Crippen LogP contribution in [0.2, 0.25) is 0 Å². The number of rotatable bonds is 7. The van der Waals surface area contributed by atoms with E-state index in [1.165, 1.54) is 0 Å². The minimum Gasteiger partial charge on any atom is -0.383 e. The minimum absolute atomic E-state index is 0.124. The van der Waals surface area contributed by atoms with Gasteiger partial charge in [-0.15, -0.1) is 0 Å². The Labute approximate surface area is 134 Å². The molecule has 23 heavy (non-hydrogen) atoms. The van der Waals surface area contributed by atoms with E-state index in [0.717, 1.165) is 5.56 Å². The van der Waals surface area contributed by atoms with Gasteiger partial charge in [0.15, 0.2) is 0 Å². The van der Waals surface area contributed by atoms with Gasteiger partial charge in [-0.2, -0.15) is 0 Å². The van der Waals surface area contributed by atoms with E-state index in [0.29, 0.717) is 30.2 Å². The molecule has 1 aromatic heterocycles. The van der Waals surface area contributed by atoms with Gasteiger partial charge in [-0.1, -0.05) is 35.5 Å². The molecule has 122 valence electrons. The maximum Gasteiger partial charge on any atom is 0.257 e. The Morgan fingerprint density at radius 2 is 1.96 bits per heavy atom. The molecular formula is C16H19N3O4. The van der Waals surface area contributed by atoms with Crippen LogP contribution in [-0.2, 0) is 9.53 Å². The summed E-state index contributed by atoms with van der Waals surface area (Å²) in [7, 11) is 1.55. The van der Waals surface area contributed by atoms with Gasteiger partial charge in [0.1, 0.15) is 17.0 Å². The van der Waals surface area contributed by atoms with Crippen molar-refractivity contribution in [2.24, 2.45) is 0 Å². The van der Waals surface area contributed by atoms with Gasteiger partial charge in [0.05, 0.1) is 13.2 Å². The summed E-state index contributed by atoms with van der Waals surface area (Å²) >= 11 is 0. The first-order chi connectivity index (χ1) is 11.1. The zero-order valence-electron chi connectivity index (χ0n) is 13.1. The molecule has 0 radical (unpaired) electrons. The number of ether oxygens (including phenoxy) is 1. The fourth-order valence-electron chi connectivity index (χ4n) is 2.04. The number of hydrogen-bond acceptors (Lipinski definition) is 5. The number of nitrogens with one attached hydrogen (secondary N) is 2. The average molecular weight is 317 g/mol. The molecule has 1 aromatic carbocycles. The second-order valence-corrected chi connectivity index (χ2v) is 4.85. The highest BCUT2D eigenvalue weighted by Crippen LogP contribution is 2.24. The molecule has 2 amide bonds. The van der Waals surface area contributed by atoms with Gasteiger partial charge in [-0.25, -0.2) is 0 Å². The number of amides is 2. The lowest BCUT2D eigenvalue weighted by molar-refractivity contribution is -0.120. The molecule has 0 aliphatic carbocycles. The summed E-state index contributed by atoms with van der Waals surface area (Å²) in [6.07, 6.45) is 0. The molecule has 7 nitrogen and oxygen atoms in total. The third-order valence-corrected chi connectivity index (χ3v) is 3.17. The van der Waals surface area contributed by atoms with Crippen LogP contribution < -0.4 is 10.6 Å². The van der Waals surface area contributed by atoms with Crippen LogP contribution in [0.5, 0.6) is 0 Å². The van der Waals surface area contributed by atoms with Crippen molar-refractivity contribution in [1.82, 2.24) is 15.8 Å². The van der Waals surface area contributed by atoms with Crippen LogP contribution in [0.4, 0.5) is 0 Å². The second-order valence-electron chi connectivity index (χ2n) is 4.85. The molecule has 0 spiro atoms. The molecule has 2 aromatic rings. The summed E-state index contributed by atoms with van der Waals surface area (Å²) in [5.74, 6) is -0.281. The molecule has 0 aliphatic heterocycles. The van der Waals surface area contributed by atoms with E-state index in [1.54, 1.807) is 14.0 Å². The summed E-state index contributed by atoms with van der Waals surface area (Å²) in [5.41, 5.74) is 1.57. The molecule has 0 fully saturated rings. The van der Waals surface area contributed by atoms with Gasteiger partial charge in [-0.3, -0.25) is 9.59 Å². The molecule has 7 heteroatoms. The lowest BCUT2D eigenvalue weighted by Gasteiger charge is -2.07. The third-order valence-electron chi connectivity index (χ3n) is 3.17. The molecule has 0 bridgehead atoms. The van der Waals surface area contributed by atoms with Crippen LogP contribution in [0, 0.1) is 6.92 Å². The average Bonchev–Trinajstić information content (AvgIpc) is 2.95. The fourth-order valence-corrected chi connectivity index (χ4v) is 2.04. The largest absolute Gasteiger partial charge is 0.383 e. The molecule has 2 rings (SSSR count). The van der Waals surface area contributed by atoms with Crippen LogP contribution >= 0.6 is 0 Å². The lowest BCUT2D eigenvalue weighted by atomic mass is 10.1. The van der Waals surface area contributed by atoms with Crippen molar-refractivity contribution >= 4 is 11.8 Å². The highest BCUT2D eigenvalue weighted by molar-refractivity contribution is 6.02. The van der Waals surface area contributed by atoms with Gasteiger partial charge >= 0.3 is 0 Å². The van der Waals surface area contributed by atoms with E-state index in [-0.39, 0.29) is 12.5 Å². The Balaban J connectivity index is 2.03. The SMILES string of the molecule is COCCNC(=O)CNC(=O)c1c(-c2ccccc2)noc1C. The molecule has 0 atom stereocenters. The number of hydrogen-bond donors (Lipinski definition) is 2. The van der Waals surface area contributed by atoms with Gasteiger partial charge in [0, 0.05) is 19.2 Å². The first-order valence-electron chi connectivity index (χ1n) is 7.19. The second kappa shape index (κ2) is 8.09. The standard InChI is InChI=1S/C16H19N3O4/c1-11-14(15(19-23-11)12-6-4-3-5-7-12)16(21)18-10-13(20)17-8-9-22-2/h3-7H,8-10H2,1-2H3,(H,17,20)(H,18,21). The molecule has 2 N–H and O–H groups in total. The number of aryl methyl sites for hydroxylation is 1. The first-order valence-corrected chi connectivity index (χ1v) is 7.19. The maximum absolute atomic E-state index is 12.3. The van der Waals surface area contributed by atoms with Crippen molar-refractivity contribution in [3.05, 3.63) is 41.7 Å². The van der Waals surface area contributed by atoms with E-state index >= 15 is 0 Å². The van der Waals surface area contributed by atoms with Gasteiger partial charge < -0.3 is 19.9 Å². The summed E-state index contributed by atoms with van der Waals surface area (Å²) in [4.78, 5) is 24.0. The predicted octanol–water partition coefficient (Wildman–Crippen LogP) is 1.14. The van der Waals surface area contributed by atoms with E-state index in [2.05, 4.69) is 15.8 Å². The van der Waals surface area contributed by atoms with Crippen LogP contribution in [0.25, 0.3) is 11.3 Å². The normalized spacial score (nSPS) is 10.3. The van der Waals surface area contributed by atoms with E-state index in [9.17, 15) is 9.59 Å². The predicted molar refractivity (Wildman–Crippen MR) is 83.9 cm³/mol. The fraction of sp³-hybridized carbons (Fsp3) is 0.312. The Morgan fingerprint density at radius 1 is 1.22 bits per heavy atom. The van der Waals surface area contributed by atoms with Crippen molar-refractivity contribution in [3.8, 4) is 11.3 Å². The van der Waals surface area contributed by atoms with Crippen LogP contribution in [0.15, 0.2) is 34.9 Å². The van der Waals surface area contributed by atoms with Crippen LogP contribution in [-0.4, -0.2) is 43.8 Å². The minimum atomic E-state index is -0.399. The van der Waals surface area contributed by atoms with E-state index in [1.807, 2.05) is 30.3 Å². The van der Waals surface area contributed by atoms with Crippen molar-refractivity contribution in [2.75, 3.05) is 26.8 Å². The third kappa shape index (κ3) is 4.40. The Hall–Kier alpha value is -2.67. The smallest absolute Gasteiger partial charge is 0.257 e. The monoisotopic (exact) mass is 317 g/mol. The highest BCUT2D eigenvalue weighted by atomic mass is 16.5. The summed E-state index contributed by atoms with van der Waals surface area (Å²) < 4.78 is 9.96. The summed E-state index contributed by atoms with van der Waals surface area (Å²) in [6.45, 7) is 2.35. The molecule has 0 aliphatic rings. The molecular weight excluding hydrogens is 298 g/mol. The van der Waals surface area contributed by atoms with Crippen molar-refractivity contribution in [3.63, 3.8) is 0 Å². The first kappa shape index (κ1) is 16.7. The zero-order chi connectivity index (χ0) is 16.7. The Bertz CT molecular complexity index is 667. The van der Waals surface area contributed by atoms with Crippen molar-refractivity contribution < 1.29 is 18.8 Å². The molecule has 1 heterocycles. The van der Waals surface area contributed by atoms with Crippen molar-refractivity contribution in [2.45, 2.75) is 6.92 Å². The maximum atomic E-state index is 12.3. The van der Waals surface area contributed by atoms with Crippen LogP contribution in [0.3, 0.4) is 0 Å². The number of aromatic nitrogens is 1. The van der Waals surface area contributed by atoms with Gasteiger partial charge in [-0.05, 0) is 6.92 Å². The Morgan fingerprint density at radius 3 is 2.65 bits per heavy atom. The summed E-state index contributed by atoms with van der Waals surface area (Å²) in [6, 6.07) is 9.26. The van der Waals surface area contributed by atoms with E-state index < -0.39 is 5.91 Å². The molecule has 0 saturated heterocycles. The van der Waals surface area contributed by atoms with Crippen molar-refractivity contribution in [1.29, 1.82) is 0 Å². The number of benzene rings is 1. The summed E-state index contributed by atoms with van der Waals surface area (Å²) in [5, 5.41) is 9.14. The van der Waals surface area contributed by atoms with E-state index in [4.69, 9.17) is 9.26 Å². The number of methoxy groups -OCH3 is 1. The van der Waals surface area contributed by atoms with Gasteiger partial charge in [0.2, 0.25) is 5.91 Å². The number of nitrogens with zero attached hydrogens (tertiary/aromatic N) is 1. The zero-order valence-corrected chi connectivity index (χ0v) is 13.1. The highest BCUT2D eigenvalue weighted by Gasteiger charge is 2.21. The number of carbonyl (C=O) groups excluding carboxylic acids is 2. The lowest BCUT2D eigenvalue weighted by Crippen LogP contribution is -2.38. The Kier molecular flexibility index (Phi) is 5.87. The number of carbonyl (C=O) groups is 2. The quantitative estimate of drug-likeness (QED) is 0.747. The molecule has 0 saturated carbocycles. The van der Waals surface area contributed by atoms with Gasteiger partial charge in [0.25, 0.3) is 5.91 Å². The van der Waals surface area contributed by atoms with Crippen LogP contribution in [0.1, 0.15) is 16.1 Å². The molecule has 0 unspecified atom stereocenters.